The first-order valence-electron chi connectivity index (χ1n) is 11.8. The van der Waals surface area contributed by atoms with E-state index < -0.39 is 5.82 Å². The molecule has 1 fully saturated rings. The van der Waals surface area contributed by atoms with Crippen molar-refractivity contribution >= 4 is 27.8 Å². The minimum Gasteiger partial charge on any atom is -0.338 e. The number of carbonyl (C=O) groups is 1. The Kier molecular flexibility index (Phi) is 5.63. The number of pyridine rings is 3. The summed E-state index contributed by atoms with van der Waals surface area (Å²) in [6.45, 7) is 3.35. The number of nitrogens with zero attached hydrogens (tertiary/aromatic N) is 5. The second-order valence-corrected chi connectivity index (χ2v) is 9.00. The van der Waals surface area contributed by atoms with E-state index in [2.05, 4.69) is 37.3 Å². The van der Waals surface area contributed by atoms with Crippen molar-refractivity contribution in [2.45, 2.75) is 0 Å². The Hall–Kier alpha value is -4.21. The summed E-state index contributed by atoms with van der Waals surface area (Å²) < 4.78 is 15.2. The fourth-order valence-corrected chi connectivity index (χ4v) is 4.60. The molecule has 9 heteroatoms. The van der Waals surface area contributed by atoms with Gasteiger partial charge in [-0.25, -0.2) is 14.4 Å². The molecule has 1 aromatic carbocycles. The first-order valence-corrected chi connectivity index (χ1v) is 11.8. The number of hydrazine groups is 1. The molecule has 1 aliphatic rings. The molecule has 2 N–H and O–H groups in total. The maximum absolute atomic E-state index is 15.2. The highest BCUT2D eigenvalue weighted by molar-refractivity contribution is 6.13. The van der Waals surface area contributed by atoms with Gasteiger partial charge >= 0.3 is 0 Å². The third-order valence-electron chi connectivity index (χ3n) is 6.61. The largest absolute Gasteiger partial charge is 0.338 e. The highest BCUT2D eigenvalue weighted by Gasteiger charge is 2.19. The molecule has 0 unspecified atom stereocenters. The van der Waals surface area contributed by atoms with Gasteiger partial charge in [-0.2, -0.15) is 0 Å². The van der Waals surface area contributed by atoms with Crippen LogP contribution in [0.3, 0.4) is 0 Å². The van der Waals surface area contributed by atoms with Crippen LogP contribution in [0, 0.1) is 5.82 Å². The summed E-state index contributed by atoms with van der Waals surface area (Å²) in [6.07, 6.45) is 6.40. The molecule has 180 valence electrons. The zero-order valence-corrected chi connectivity index (χ0v) is 19.7. The van der Waals surface area contributed by atoms with Gasteiger partial charge in [0.25, 0.3) is 5.91 Å². The van der Waals surface area contributed by atoms with Crippen molar-refractivity contribution in [3.8, 4) is 22.4 Å². The lowest BCUT2D eigenvalue weighted by atomic mass is 9.99. The lowest BCUT2D eigenvalue weighted by Gasteiger charge is -2.32. The summed E-state index contributed by atoms with van der Waals surface area (Å²) >= 11 is 0. The third-order valence-corrected chi connectivity index (χ3v) is 6.61. The summed E-state index contributed by atoms with van der Waals surface area (Å²) in [5.41, 5.74) is 7.52. The van der Waals surface area contributed by atoms with E-state index in [-0.39, 0.29) is 5.91 Å². The van der Waals surface area contributed by atoms with Crippen molar-refractivity contribution in [2.24, 2.45) is 0 Å². The van der Waals surface area contributed by atoms with Crippen LogP contribution in [0.1, 0.15) is 10.4 Å². The summed E-state index contributed by atoms with van der Waals surface area (Å²) in [7, 11) is 2.07. The van der Waals surface area contributed by atoms with Crippen LogP contribution in [-0.2, 0) is 0 Å². The van der Waals surface area contributed by atoms with Crippen LogP contribution in [0.5, 0.6) is 0 Å². The minimum absolute atomic E-state index is 0.175. The Morgan fingerprint density at radius 2 is 1.81 bits per heavy atom. The van der Waals surface area contributed by atoms with E-state index in [0.29, 0.717) is 27.7 Å². The minimum atomic E-state index is -0.433. The molecule has 1 amide bonds. The SMILES string of the molecule is CN1CCN(NC(=O)c2ccc(-c3c(F)cnc4[nH]c5cnc(-c6cccnc6)cc5c34)cc2)CC1. The quantitative estimate of drug-likeness (QED) is 0.405. The Labute approximate surface area is 206 Å². The van der Waals surface area contributed by atoms with Crippen LogP contribution >= 0.6 is 0 Å². The number of halogens is 1. The monoisotopic (exact) mass is 481 g/mol. The van der Waals surface area contributed by atoms with E-state index in [4.69, 9.17) is 0 Å². The number of carbonyl (C=O) groups excluding carboxylic acids is 1. The van der Waals surface area contributed by atoms with Gasteiger partial charge in [0.15, 0.2) is 0 Å². The molecule has 5 heterocycles. The normalized spacial score (nSPS) is 14.9. The molecule has 0 atom stereocenters. The molecule has 6 rings (SSSR count). The number of hydrogen-bond acceptors (Lipinski definition) is 6. The highest BCUT2D eigenvalue weighted by atomic mass is 19.1. The lowest BCUT2D eigenvalue weighted by Crippen LogP contribution is -2.52. The van der Waals surface area contributed by atoms with Crippen molar-refractivity contribution < 1.29 is 9.18 Å². The van der Waals surface area contributed by atoms with Crippen LogP contribution in [0.15, 0.2) is 67.3 Å². The number of hydrogen-bond donors (Lipinski definition) is 2. The number of amides is 1. The number of piperazine rings is 1. The number of fused-ring (bicyclic) bond motifs is 3. The number of benzene rings is 1. The molecular weight excluding hydrogens is 457 g/mol. The van der Waals surface area contributed by atoms with Crippen LogP contribution in [0.4, 0.5) is 4.39 Å². The van der Waals surface area contributed by atoms with Crippen LogP contribution in [-0.4, -0.2) is 69.0 Å². The third kappa shape index (κ3) is 4.08. The van der Waals surface area contributed by atoms with Gasteiger partial charge in [-0.05, 0) is 42.9 Å². The van der Waals surface area contributed by atoms with E-state index in [9.17, 15) is 4.79 Å². The summed E-state index contributed by atoms with van der Waals surface area (Å²) in [6, 6.07) is 12.7. The second-order valence-electron chi connectivity index (χ2n) is 9.00. The Bertz CT molecular complexity index is 1560. The molecule has 8 nitrogen and oxygen atoms in total. The molecule has 36 heavy (non-hydrogen) atoms. The van der Waals surface area contributed by atoms with Gasteiger partial charge in [0.1, 0.15) is 11.5 Å². The average Bonchev–Trinajstić information content (AvgIpc) is 3.28. The lowest BCUT2D eigenvalue weighted by molar-refractivity contribution is 0.0662. The van der Waals surface area contributed by atoms with Crippen LogP contribution in [0.2, 0.25) is 0 Å². The number of likely N-dealkylation sites (N-methyl/N-ethyl adjacent to an activating group) is 1. The van der Waals surface area contributed by atoms with Gasteiger partial charge in [0, 0.05) is 66.0 Å². The Morgan fingerprint density at radius 3 is 2.56 bits per heavy atom. The maximum Gasteiger partial charge on any atom is 0.265 e. The molecule has 4 aromatic heterocycles. The average molecular weight is 482 g/mol. The first kappa shape index (κ1) is 22.3. The first-order chi connectivity index (χ1) is 17.6. The van der Waals surface area contributed by atoms with Gasteiger partial charge in [-0.3, -0.25) is 20.2 Å². The van der Waals surface area contributed by atoms with Crippen molar-refractivity contribution in [1.29, 1.82) is 0 Å². The fourth-order valence-electron chi connectivity index (χ4n) is 4.60. The second kappa shape index (κ2) is 9.10. The van der Waals surface area contributed by atoms with Gasteiger partial charge in [-0.1, -0.05) is 12.1 Å². The number of aromatic amines is 1. The summed E-state index contributed by atoms with van der Waals surface area (Å²) in [4.78, 5) is 31.2. The van der Waals surface area contributed by atoms with Crippen molar-refractivity contribution in [2.75, 3.05) is 33.2 Å². The van der Waals surface area contributed by atoms with E-state index in [1.165, 1.54) is 6.20 Å². The van der Waals surface area contributed by atoms with E-state index in [1.54, 1.807) is 42.9 Å². The molecule has 0 radical (unpaired) electrons. The van der Waals surface area contributed by atoms with E-state index in [0.717, 1.165) is 48.3 Å². The maximum atomic E-state index is 15.2. The number of rotatable bonds is 4. The molecule has 1 saturated heterocycles. The molecule has 5 aromatic rings. The predicted molar refractivity (Wildman–Crippen MR) is 137 cm³/mol. The standard InChI is InChI=1S/C27H24FN7O/c1-34-9-11-35(12-10-34)33-27(36)18-6-4-17(5-7-18)24-21(28)15-31-26-25(24)20-13-22(30-16-23(20)32-26)19-3-2-8-29-14-19/h2-8,13-16H,9-12H2,1H3,(H,31,32)(H,33,36). The smallest absolute Gasteiger partial charge is 0.265 e. The molecule has 0 spiro atoms. The fraction of sp³-hybridized carbons (Fsp3) is 0.185. The number of H-pyrrole nitrogens is 1. The number of nitrogens with one attached hydrogen (secondary N) is 2. The molecule has 0 bridgehead atoms. The summed E-state index contributed by atoms with van der Waals surface area (Å²) in [5, 5.41) is 3.42. The Balaban J connectivity index is 1.37. The highest BCUT2D eigenvalue weighted by Crippen LogP contribution is 2.36. The zero-order valence-electron chi connectivity index (χ0n) is 19.7. The molecule has 1 aliphatic heterocycles. The Morgan fingerprint density at radius 1 is 1.00 bits per heavy atom. The van der Waals surface area contributed by atoms with Crippen LogP contribution in [0.25, 0.3) is 44.3 Å². The molecular formula is C27H24FN7O. The molecule has 0 aliphatic carbocycles. The topological polar surface area (TPSA) is 90.0 Å². The molecule has 0 saturated carbocycles. The number of aromatic nitrogens is 4. The van der Waals surface area contributed by atoms with Crippen LogP contribution < -0.4 is 5.43 Å². The van der Waals surface area contributed by atoms with Crippen molar-refractivity contribution in [3.63, 3.8) is 0 Å². The van der Waals surface area contributed by atoms with Gasteiger partial charge in [0.05, 0.1) is 23.6 Å². The van der Waals surface area contributed by atoms with Gasteiger partial charge in [0.2, 0.25) is 0 Å². The van der Waals surface area contributed by atoms with Gasteiger partial charge in [-0.15, -0.1) is 0 Å². The van der Waals surface area contributed by atoms with Crippen molar-refractivity contribution in [1.82, 2.24) is 35.3 Å². The van der Waals surface area contributed by atoms with E-state index in [1.807, 2.05) is 23.2 Å². The van der Waals surface area contributed by atoms with Crippen molar-refractivity contribution in [3.05, 3.63) is 78.6 Å². The zero-order chi connectivity index (χ0) is 24.6. The predicted octanol–water partition coefficient (Wildman–Crippen LogP) is 3.87. The van der Waals surface area contributed by atoms with E-state index >= 15 is 4.39 Å². The summed E-state index contributed by atoms with van der Waals surface area (Å²) in [5.74, 6) is -0.608. The van der Waals surface area contributed by atoms with Gasteiger partial charge < -0.3 is 9.88 Å².